The molecular formula is C11H17N3O. The lowest BCUT2D eigenvalue weighted by Gasteiger charge is -2.25. The normalized spacial score (nSPS) is 16.2. The summed E-state index contributed by atoms with van der Waals surface area (Å²) >= 11 is 0. The minimum Gasteiger partial charge on any atom is -0.321 e. The summed E-state index contributed by atoms with van der Waals surface area (Å²) in [5.74, 6) is 0. The summed E-state index contributed by atoms with van der Waals surface area (Å²) in [6.07, 6.45) is 4.21. The van der Waals surface area contributed by atoms with Crippen LogP contribution in [-0.4, -0.2) is 9.97 Å². The number of hydrogen-bond acceptors (Lipinski definition) is 3. The molecule has 0 amide bonds. The number of aromatic amines is 1. The van der Waals surface area contributed by atoms with Gasteiger partial charge in [-0.15, -0.1) is 0 Å². The van der Waals surface area contributed by atoms with Crippen LogP contribution in [0.4, 0.5) is 0 Å². The van der Waals surface area contributed by atoms with Gasteiger partial charge in [0, 0.05) is 5.69 Å². The summed E-state index contributed by atoms with van der Waals surface area (Å²) in [5, 5.41) is 0. The van der Waals surface area contributed by atoms with Gasteiger partial charge in [0.2, 0.25) is 0 Å². The summed E-state index contributed by atoms with van der Waals surface area (Å²) in [6.45, 7) is 3.79. The van der Waals surface area contributed by atoms with Gasteiger partial charge in [-0.05, 0) is 45.1 Å². The minimum atomic E-state index is -0.532. The van der Waals surface area contributed by atoms with Crippen LogP contribution in [0.2, 0.25) is 0 Å². The van der Waals surface area contributed by atoms with Gasteiger partial charge in [0.05, 0.1) is 11.2 Å². The topological polar surface area (TPSA) is 71.8 Å². The van der Waals surface area contributed by atoms with Crippen molar-refractivity contribution in [2.45, 2.75) is 45.1 Å². The SMILES string of the molecule is CC(C)(N)c1nc(=O)[nH]c2c1CCCC2. The van der Waals surface area contributed by atoms with E-state index in [0.717, 1.165) is 42.6 Å². The fraction of sp³-hybridized carbons (Fsp3) is 0.636. The Kier molecular flexibility index (Phi) is 2.38. The number of nitrogens with two attached hydrogens (primary N) is 1. The van der Waals surface area contributed by atoms with E-state index in [1.165, 1.54) is 0 Å². The zero-order chi connectivity index (χ0) is 11.1. The van der Waals surface area contributed by atoms with E-state index in [1.54, 1.807) is 0 Å². The molecule has 2 rings (SSSR count). The van der Waals surface area contributed by atoms with Crippen molar-refractivity contribution in [3.05, 3.63) is 27.4 Å². The largest absolute Gasteiger partial charge is 0.345 e. The van der Waals surface area contributed by atoms with Crippen molar-refractivity contribution in [3.8, 4) is 0 Å². The van der Waals surface area contributed by atoms with Crippen LogP contribution in [0.5, 0.6) is 0 Å². The number of rotatable bonds is 1. The quantitative estimate of drug-likeness (QED) is 0.717. The Morgan fingerprint density at radius 1 is 1.33 bits per heavy atom. The van der Waals surface area contributed by atoms with Crippen molar-refractivity contribution < 1.29 is 0 Å². The number of nitrogens with zero attached hydrogens (tertiary/aromatic N) is 1. The van der Waals surface area contributed by atoms with Crippen LogP contribution in [0.25, 0.3) is 0 Å². The average Bonchev–Trinajstić information content (AvgIpc) is 2.15. The van der Waals surface area contributed by atoms with Crippen LogP contribution in [-0.2, 0) is 18.4 Å². The van der Waals surface area contributed by atoms with Crippen LogP contribution in [0, 0.1) is 0 Å². The first kappa shape index (κ1) is 10.4. The molecule has 0 bridgehead atoms. The van der Waals surface area contributed by atoms with Crippen molar-refractivity contribution in [1.82, 2.24) is 9.97 Å². The lowest BCUT2D eigenvalue weighted by atomic mass is 9.88. The molecule has 4 nitrogen and oxygen atoms in total. The lowest BCUT2D eigenvalue weighted by molar-refractivity contribution is 0.510. The Morgan fingerprint density at radius 2 is 2.00 bits per heavy atom. The zero-order valence-corrected chi connectivity index (χ0v) is 9.26. The van der Waals surface area contributed by atoms with Crippen molar-refractivity contribution >= 4 is 0 Å². The highest BCUT2D eigenvalue weighted by Gasteiger charge is 2.24. The second-order valence-corrected chi connectivity index (χ2v) is 4.78. The van der Waals surface area contributed by atoms with Crippen LogP contribution < -0.4 is 11.4 Å². The van der Waals surface area contributed by atoms with Crippen molar-refractivity contribution in [2.24, 2.45) is 5.73 Å². The molecule has 15 heavy (non-hydrogen) atoms. The molecule has 1 heterocycles. The Hall–Kier alpha value is -1.16. The number of H-pyrrole nitrogens is 1. The highest BCUT2D eigenvalue weighted by Crippen LogP contribution is 2.25. The predicted octanol–water partition coefficient (Wildman–Crippen LogP) is 0.842. The number of hydrogen-bond donors (Lipinski definition) is 2. The highest BCUT2D eigenvalue weighted by atomic mass is 16.1. The third kappa shape index (κ3) is 1.95. The molecule has 0 atom stereocenters. The monoisotopic (exact) mass is 207 g/mol. The summed E-state index contributed by atoms with van der Waals surface area (Å²) in [5.41, 5.74) is 8.19. The third-order valence-electron chi connectivity index (χ3n) is 2.84. The molecule has 0 saturated carbocycles. The van der Waals surface area contributed by atoms with Gasteiger partial charge in [-0.2, -0.15) is 4.98 Å². The van der Waals surface area contributed by atoms with Crippen molar-refractivity contribution in [3.63, 3.8) is 0 Å². The molecule has 1 aliphatic carbocycles. The Morgan fingerprint density at radius 3 is 2.67 bits per heavy atom. The molecule has 1 aromatic heterocycles. The van der Waals surface area contributed by atoms with Gasteiger partial charge in [0.15, 0.2) is 0 Å². The molecule has 1 aromatic rings. The van der Waals surface area contributed by atoms with Gasteiger partial charge >= 0.3 is 5.69 Å². The molecule has 0 spiro atoms. The van der Waals surface area contributed by atoms with Crippen LogP contribution >= 0.6 is 0 Å². The average molecular weight is 207 g/mol. The number of aryl methyl sites for hydroxylation is 1. The Labute approximate surface area is 88.9 Å². The summed E-state index contributed by atoms with van der Waals surface area (Å²) in [4.78, 5) is 18.2. The minimum absolute atomic E-state index is 0.274. The lowest BCUT2D eigenvalue weighted by Crippen LogP contribution is -2.36. The molecule has 0 radical (unpaired) electrons. The second-order valence-electron chi connectivity index (χ2n) is 4.78. The molecule has 3 N–H and O–H groups in total. The molecule has 0 unspecified atom stereocenters. The van der Waals surface area contributed by atoms with E-state index < -0.39 is 5.54 Å². The van der Waals surface area contributed by atoms with Gasteiger partial charge in [-0.25, -0.2) is 4.79 Å². The molecule has 0 aromatic carbocycles. The zero-order valence-electron chi connectivity index (χ0n) is 9.26. The van der Waals surface area contributed by atoms with Crippen molar-refractivity contribution in [2.75, 3.05) is 0 Å². The van der Waals surface area contributed by atoms with E-state index in [4.69, 9.17) is 5.73 Å². The molecule has 82 valence electrons. The Balaban J connectivity index is 2.63. The first-order valence-electron chi connectivity index (χ1n) is 5.40. The van der Waals surface area contributed by atoms with Gasteiger partial charge in [-0.3, -0.25) is 0 Å². The van der Waals surface area contributed by atoms with Crippen LogP contribution in [0.1, 0.15) is 43.6 Å². The van der Waals surface area contributed by atoms with Gasteiger partial charge in [0.25, 0.3) is 0 Å². The Bertz CT molecular complexity index is 428. The van der Waals surface area contributed by atoms with E-state index in [9.17, 15) is 4.79 Å². The fourth-order valence-corrected chi connectivity index (χ4v) is 2.16. The summed E-state index contributed by atoms with van der Waals surface area (Å²) in [6, 6.07) is 0. The van der Waals surface area contributed by atoms with E-state index in [2.05, 4.69) is 9.97 Å². The highest BCUT2D eigenvalue weighted by molar-refractivity contribution is 5.31. The number of nitrogens with one attached hydrogen (secondary N) is 1. The molecule has 1 aliphatic rings. The second kappa shape index (κ2) is 3.45. The molecule has 0 saturated heterocycles. The molecule has 0 aliphatic heterocycles. The first-order chi connectivity index (χ1) is 6.98. The van der Waals surface area contributed by atoms with E-state index in [1.807, 2.05) is 13.8 Å². The molecular weight excluding hydrogens is 190 g/mol. The fourth-order valence-electron chi connectivity index (χ4n) is 2.16. The third-order valence-corrected chi connectivity index (χ3v) is 2.84. The van der Waals surface area contributed by atoms with E-state index in [-0.39, 0.29) is 5.69 Å². The maximum absolute atomic E-state index is 11.4. The van der Waals surface area contributed by atoms with E-state index in [0.29, 0.717) is 0 Å². The molecule has 4 heteroatoms. The summed E-state index contributed by atoms with van der Waals surface area (Å²) in [7, 11) is 0. The number of aromatic nitrogens is 2. The van der Waals surface area contributed by atoms with Gasteiger partial charge < -0.3 is 10.7 Å². The predicted molar refractivity (Wildman–Crippen MR) is 58.7 cm³/mol. The summed E-state index contributed by atoms with van der Waals surface area (Å²) < 4.78 is 0. The van der Waals surface area contributed by atoms with Crippen LogP contribution in [0.3, 0.4) is 0 Å². The maximum Gasteiger partial charge on any atom is 0.345 e. The van der Waals surface area contributed by atoms with Crippen molar-refractivity contribution in [1.29, 1.82) is 0 Å². The van der Waals surface area contributed by atoms with E-state index >= 15 is 0 Å². The number of fused-ring (bicyclic) bond motifs is 1. The first-order valence-corrected chi connectivity index (χ1v) is 5.40. The standard InChI is InChI=1S/C11H17N3O/c1-11(2,12)9-7-5-3-4-6-8(7)13-10(15)14-9/h3-6,12H2,1-2H3,(H,13,14,15). The van der Waals surface area contributed by atoms with Crippen LogP contribution in [0.15, 0.2) is 4.79 Å². The smallest absolute Gasteiger partial charge is 0.321 e. The molecule has 0 fully saturated rings. The van der Waals surface area contributed by atoms with Gasteiger partial charge in [-0.1, -0.05) is 0 Å². The van der Waals surface area contributed by atoms with Gasteiger partial charge in [0.1, 0.15) is 0 Å². The maximum atomic E-state index is 11.4.